The van der Waals surface area contributed by atoms with Crippen molar-refractivity contribution in [2.75, 3.05) is 32.8 Å². The summed E-state index contributed by atoms with van der Waals surface area (Å²) in [6.45, 7) is 0.653. The van der Waals surface area contributed by atoms with E-state index in [1.54, 1.807) is 28.1 Å². The van der Waals surface area contributed by atoms with E-state index in [1.807, 2.05) is 60.7 Å². The van der Waals surface area contributed by atoms with Gasteiger partial charge in [-0.3, -0.25) is 9.59 Å². The summed E-state index contributed by atoms with van der Waals surface area (Å²) >= 11 is 0. The van der Waals surface area contributed by atoms with Crippen molar-refractivity contribution in [1.82, 2.24) is 25.1 Å². The lowest BCUT2D eigenvalue weighted by molar-refractivity contribution is -0.189. The first-order valence-corrected chi connectivity index (χ1v) is 14.2. The summed E-state index contributed by atoms with van der Waals surface area (Å²) in [5.74, 6) is 1.67. The molecule has 3 aromatic carbocycles. The molecule has 2 fully saturated rings. The van der Waals surface area contributed by atoms with E-state index < -0.39 is 18.2 Å². The lowest BCUT2D eigenvalue weighted by atomic mass is 9.99. The first-order chi connectivity index (χ1) is 21.0. The van der Waals surface area contributed by atoms with Crippen LogP contribution < -0.4 is 5.32 Å². The lowest BCUT2D eigenvalue weighted by Crippen LogP contribution is -2.76. The Morgan fingerprint density at radius 1 is 0.977 bits per heavy atom. The molecule has 10 heteroatoms. The number of ether oxygens (including phenoxy) is 1. The lowest BCUT2D eigenvalue weighted by Gasteiger charge is -2.54. The number of hydrogen-bond donors (Lipinski definition) is 1. The molecular formula is C33H34FN5O4. The summed E-state index contributed by atoms with van der Waals surface area (Å²) < 4.78 is 19.8. The summed E-state index contributed by atoms with van der Waals surface area (Å²) in [6, 6.07) is 24.0. The van der Waals surface area contributed by atoms with Crippen molar-refractivity contribution >= 4 is 17.8 Å². The van der Waals surface area contributed by atoms with Gasteiger partial charge in [0, 0.05) is 25.1 Å². The van der Waals surface area contributed by atoms with Crippen molar-refractivity contribution < 1.29 is 23.5 Å². The standard InChI is InChI=1S/C33H34FN5O4/c1-2-17-37-23-31(40)38-29(20-25-11-5-3-6-12-25)32(41)36(18-19-43-24-27-15-9-10-16-28(27)34)22-30(38)39(37)33(42)35-21-26-13-7-4-8-14-26/h1,3-16,29-30H,17-24H2,(H,35,42)/t29-,30-/m0/s1. The fraction of sp³-hybridized carbons (Fsp3) is 0.303. The maximum absolute atomic E-state index is 14.1. The quantitative estimate of drug-likeness (QED) is 0.293. The Morgan fingerprint density at radius 2 is 1.65 bits per heavy atom. The average molecular weight is 584 g/mol. The molecule has 43 heavy (non-hydrogen) atoms. The predicted molar refractivity (Wildman–Crippen MR) is 158 cm³/mol. The number of terminal acetylenes is 1. The molecule has 4 amide bonds. The number of hydrogen-bond acceptors (Lipinski definition) is 5. The molecule has 0 aliphatic carbocycles. The highest BCUT2D eigenvalue weighted by atomic mass is 19.1. The summed E-state index contributed by atoms with van der Waals surface area (Å²) in [5.41, 5.74) is 2.22. The maximum Gasteiger partial charge on any atom is 0.334 e. The minimum absolute atomic E-state index is 0.0396. The Kier molecular flexibility index (Phi) is 9.66. The van der Waals surface area contributed by atoms with Crippen molar-refractivity contribution in [3.8, 4) is 12.3 Å². The molecule has 0 unspecified atom stereocenters. The van der Waals surface area contributed by atoms with Crippen LogP contribution in [0.15, 0.2) is 84.9 Å². The number of piperazine rings is 1. The van der Waals surface area contributed by atoms with Crippen LogP contribution in [-0.2, 0) is 33.9 Å². The van der Waals surface area contributed by atoms with E-state index in [-0.39, 0.29) is 70.0 Å². The first-order valence-electron chi connectivity index (χ1n) is 14.2. The van der Waals surface area contributed by atoms with Gasteiger partial charge in [0.1, 0.15) is 18.0 Å². The van der Waals surface area contributed by atoms with Crippen molar-refractivity contribution in [2.24, 2.45) is 0 Å². The second-order valence-corrected chi connectivity index (χ2v) is 10.4. The minimum atomic E-state index is -0.836. The molecule has 0 spiro atoms. The number of benzene rings is 3. The molecule has 2 aliphatic rings. The largest absolute Gasteiger partial charge is 0.375 e. The van der Waals surface area contributed by atoms with Gasteiger partial charge in [0.05, 0.1) is 32.8 Å². The maximum atomic E-state index is 14.1. The number of urea groups is 1. The molecule has 2 saturated heterocycles. The van der Waals surface area contributed by atoms with Gasteiger partial charge >= 0.3 is 6.03 Å². The van der Waals surface area contributed by atoms with Crippen molar-refractivity contribution in [3.63, 3.8) is 0 Å². The highest BCUT2D eigenvalue weighted by Crippen LogP contribution is 2.28. The van der Waals surface area contributed by atoms with Crippen LogP contribution in [0.4, 0.5) is 9.18 Å². The zero-order valence-electron chi connectivity index (χ0n) is 23.8. The molecule has 3 aromatic rings. The summed E-state index contributed by atoms with van der Waals surface area (Å²) in [4.78, 5) is 44.3. The predicted octanol–water partition coefficient (Wildman–Crippen LogP) is 3.03. The number of amides is 4. The Bertz CT molecular complexity index is 1460. The van der Waals surface area contributed by atoms with E-state index >= 15 is 0 Å². The van der Waals surface area contributed by atoms with Gasteiger partial charge in [-0.2, -0.15) is 5.01 Å². The van der Waals surface area contributed by atoms with Crippen LogP contribution in [0.1, 0.15) is 16.7 Å². The Morgan fingerprint density at radius 3 is 2.35 bits per heavy atom. The smallest absolute Gasteiger partial charge is 0.334 e. The van der Waals surface area contributed by atoms with Crippen LogP contribution in [0.2, 0.25) is 0 Å². The molecule has 2 heterocycles. The van der Waals surface area contributed by atoms with Crippen LogP contribution in [0.25, 0.3) is 0 Å². The summed E-state index contributed by atoms with van der Waals surface area (Å²) in [5, 5.41) is 5.97. The highest BCUT2D eigenvalue weighted by Gasteiger charge is 2.51. The Labute approximate surface area is 250 Å². The van der Waals surface area contributed by atoms with Crippen molar-refractivity contribution in [1.29, 1.82) is 0 Å². The van der Waals surface area contributed by atoms with E-state index in [4.69, 9.17) is 11.2 Å². The van der Waals surface area contributed by atoms with Gasteiger partial charge in [0.15, 0.2) is 0 Å². The number of halogens is 1. The fourth-order valence-electron chi connectivity index (χ4n) is 5.50. The van der Waals surface area contributed by atoms with Gasteiger partial charge in [-0.1, -0.05) is 84.8 Å². The zero-order chi connectivity index (χ0) is 30.2. The van der Waals surface area contributed by atoms with Crippen molar-refractivity contribution in [2.45, 2.75) is 31.8 Å². The number of hydrazine groups is 1. The molecule has 0 bridgehead atoms. The van der Waals surface area contributed by atoms with E-state index in [2.05, 4.69) is 11.2 Å². The van der Waals surface area contributed by atoms with Gasteiger partial charge in [0.25, 0.3) is 0 Å². The molecule has 5 rings (SSSR count). The van der Waals surface area contributed by atoms with Crippen molar-refractivity contribution in [3.05, 3.63) is 107 Å². The zero-order valence-corrected chi connectivity index (χ0v) is 23.8. The molecule has 9 nitrogen and oxygen atoms in total. The average Bonchev–Trinajstić information content (AvgIpc) is 3.02. The van der Waals surface area contributed by atoms with Crippen LogP contribution in [0, 0.1) is 18.2 Å². The number of carbonyl (C=O) groups excluding carboxylic acids is 3. The van der Waals surface area contributed by atoms with Gasteiger partial charge in [0.2, 0.25) is 11.8 Å². The van der Waals surface area contributed by atoms with E-state index in [9.17, 15) is 18.8 Å². The van der Waals surface area contributed by atoms with Crippen LogP contribution in [-0.4, -0.2) is 82.7 Å². The van der Waals surface area contributed by atoms with Gasteiger partial charge in [-0.15, -0.1) is 6.42 Å². The van der Waals surface area contributed by atoms with E-state index in [0.717, 1.165) is 11.1 Å². The molecule has 0 radical (unpaired) electrons. The third-order valence-electron chi connectivity index (χ3n) is 7.59. The van der Waals surface area contributed by atoms with Crippen LogP contribution >= 0.6 is 0 Å². The van der Waals surface area contributed by atoms with Gasteiger partial charge in [-0.05, 0) is 17.2 Å². The monoisotopic (exact) mass is 583 g/mol. The normalized spacial score (nSPS) is 18.7. The molecular weight excluding hydrogens is 549 g/mol. The molecule has 2 aliphatic heterocycles. The first kappa shape index (κ1) is 29.8. The number of nitrogens with one attached hydrogen (secondary N) is 1. The van der Waals surface area contributed by atoms with Crippen LogP contribution in [0.5, 0.6) is 0 Å². The SMILES string of the molecule is C#CCN1CC(=O)N2[C@@H](Cc3ccccc3)C(=O)N(CCOCc3ccccc3F)C[C@@H]2N1C(=O)NCc1ccccc1. The van der Waals surface area contributed by atoms with Gasteiger partial charge < -0.3 is 19.9 Å². The number of carbonyl (C=O) groups is 3. The van der Waals surface area contributed by atoms with Crippen LogP contribution in [0.3, 0.4) is 0 Å². The number of nitrogens with zero attached hydrogens (tertiary/aromatic N) is 4. The molecule has 0 aromatic heterocycles. The second-order valence-electron chi connectivity index (χ2n) is 10.4. The Hall–Kier alpha value is -4.72. The minimum Gasteiger partial charge on any atom is -0.375 e. The third kappa shape index (κ3) is 7.02. The third-order valence-corrected chi connectivity index (χ3v) is 7.59. The number of rotatable bonds is 10. The second kappa shape index (κ2) is 14.0. The fourth-order valence-corrected chi connectivity index (χ4v) is 5.50. The van der Waals surface area contributed by atoms with Gasteiger partial charge in [-0.25, -0.2) is 14.2 Å². The molecule has 0 saturated carbocycles. The highest BCUT2D eigenvalue weighted by molar-refractivity contribution is 5.91. The molecule has 222 valence electrons. The number of fused-ring (bicyclic) bond motifs is 1. The van der Waals surface area contributed by atoms with E-state index in [0.29, 0.717) is 5.56 Å². The summed E-state index contributed by atoms with van der Waals surface area (Å²) in [6.07, 6.45) is 5.13. The molecule has 1 N–H and O–H groups in total. The Balaban J connectivity index is 1.39. The van der Waals surface area contributed by atoms with E-state index in [1.165, 1.54) is 16.0 Å². The molecule has 2 atom stereocenters. The topological polar surface area (TPSA) is 85.4 Å². The summed E-state index contributed by atoms with van der Waals surface area (Å²) in [7, 11) is 0.